The zero-order valence-corrected chi connectivity index (χ0v) is 14.7. The number of rotatable bonds is 3. The van der Waals surface area contributed by atoms with Crippen LogP contribution in [0.5, 0.6) is 0 Å². The Morgan fingerprint density at radius 1 is 1.19 bits per heavy atom. The lowest BCUT2D eigenvalue weighted by Gasteiger charge is -2.46. The van der Waals surface area contributed by atoms with Gasteiger partial charge in [0.1, 0.15) is 5.54 Å². The number of carbonyl (C=O) groups excluding carboxylic acids is 1. The van der Waals surface area contributed by atoms with Gasteiger partial charge < -0.3 is 9.80 Å². The molecule has 4 heterocycles. The summed E-state index contributed by atoms with van der Waals surface area (Å²) in [5.41, 5.74) is 0.473. The number of anilines is 1. The van der Waals surface area contributed by atoms with E-state index in [1.54, 1.807) is 11.1 Å². The molecule has 0 unspecified atom stereocenters. The molecule has 26 heavy (non-hydrogen) atoms. The third-order valence-corrected chi connectivity index (χ3v) is 5.29. The van der Waals surface area contributed by atoms with Gasteiger partial charge in [-0.1, -0.05) is 6.07 Å². The fourth-order valence-electron chi connectivity index (χ4n) is 3.89. The van der Waals surface area contributed by atoms with E-state index in [4.69, 9.17) is 0 Å². The summed E-state index contributed by atoms with van der Waals surface area (Å²) in [5, 5.41) is 0. The minimum absolute atomic E-state index is 0.122. The van der Waals surface area contributed by atoms with Crippen LogP contribution in [0.2, 0.25) is 0 Å². The van der Waals surface area contributed by atoms with Crippen molar-refractivity contribution in [2.75, 3.05) is 38.1 Å². The molecule has 2 aliphatic rings. The van der Waals surface area contributed by atoms with Crippen LogP contribution in [0, 0.1) is 5.82 Å². The number of likely N-dealkylation sites (N-methyl/N-ethyl adjacent to an activating group) is 1. The van der Waals surface area contributed by atoms with Crippen molar-refractivity contribution in [3.63, 3.8) is 0 Å². The lowest BCUT2D eigenvalue weighted by atomic mass is 9.91. The molecule has 8 heteroatoms. The summed E-state index contributed by atoms with van der Waals surface area (Å²) in [7, 11) is 1.85. The highest BCUT2D eigenvalue weighted by Crippen LogP contribution is 2.35. The van der Waals surface area contributed by atoms with Crippen LogP contribution in [0.3, 0.4) is 0 Å². The van der Waals surface area contributed by atoms with E-state index in [0.29, 0.717) is 38.5 Å². The first-order valence-electron chi connectivity index (χ1n) is 8.70. The molecule has 4 rings (SSSR count). The quantitative estimate of drug-likeness (QED) is 0.815. The average Bonchev–Trinajstić information content (AvgIpc) is 3.10. The minimum atomic E-state index is -0.611. The van der Waals surface area contributed by atoms with Crippen molar-refractivity contribution in [3.8, 4) is 0 Å². The molecule has 2 aliphatic heterocycles. The van der Waals surface area contributed by atoms with Crippen molar-refractivity contribution in [1.29, 1.82) is 0 Å². The first-order chi connectivity index (χ1) is 12.6. The van der Waals surface area contributed by atoms with Crippen LogP contribution >= 0.6 is 0 Å². The van der Waals surface area contributed by atoms with E-state index in [1.165, 1.54) is 0 Å². The highest BCUT2D eigenvalue weighted by Gasteiger charge is 2.52. The maximum Gasteiger partial charge on any atom is 0.244 e. The Balaban J connectivity index is 1.61. The molecule has 136 valence electrons. The van der Waals surface area contributed by atoms with Crippen molar-refractivity contribution in [2.45, 2.75) is 18.5 Å². The predicted molar refractivity (Wildman–Crippen MR) is 93.8 cm³/mol. The molecule has 2 fully saturated rings. The SMILES string of the molecule is CN1CCN(Cc2cccnc2)[C@]2(CCN(c3ncc(F)cn3)C2)C1=O. The summed E-state index contributed by atoms with van der Waals surface area (Å²) in [6.07, 6.45) is 6.60. The third-order valence-electron chi connectivity index (χ3n) is 5.29. The van der Waals surface area contributed by atoms with Gasteiger partial charge in [-0.2, -0.15) is 0 Å². The van der Waals surface area contributed by atoms with Crippen LogP contribution in [0.15, 0.2) is 36.9 Å². The molecule has 0 radical (unpaired) electrons. The minimum Gasteiger partial charge on any atom is -0.343 e. The molecular formula is C18H21FN6O. The zero-order valence-electron chi connectivity index (χ0n) is 14.7. The average molecular weight is 356 g/mol. The molecule has 0 N–H and O–H groups in total. The second-order valence-corrected chi connectivity index (χ2v) is 6.91. The molecule has 2 saturated heterocycles. The van der Waals surface area contributed by atoms with Crippen LogP contribution in [0.4, 0.5) is 10.3 Å². The molecule has 7 nitrogen and oxygen atoms in total. The van der Waals surface area contributed by atoms with Crippen LogP contribution < -0.4 is 4.90 Å². The van der Waals surface area contributed by atoms with Gasteiger partial charge in [0, 0.05) is 52.2 Å². The Morgan fingerprint density at radius 2 is 2.00 bits per heavy atom. The first kappa shape index (κ1) is 16.8. The van der Waals surface area contributed by atoms with Gasteiger partial charge in [-0.3, -0.25) is 14.7 Å². The topological polar surface area (TPSA) is 65.5 Å². The van der Waals surface area contributed by atoms with Gasteiger partial charge >= 0.3 is 0 Å². The first-order valence-corrected chi connectivity index (χ1v) is 8.70. The van der Waals surface area contributed by atoms with E-state index < -0.39 is 11.4 Å². The number of carbonyl (C=O) groups is 1. The van der Waals surface area contributed by atoms with E-state index in [9.17, 15) is 9.18 Å². The van der Waals surface area contributed by atoms with Gasteiger partial charge in [-0.15, -0.1) is 0 Å². The molecule has 0 bridgehead atoms. The van der Waals surface area contributed by atoms with Gasteiger partial charge in [-0.25, -0.2) is 14.4 Å². The molecule has 1 atom stereocenters. The Labute approximate surface area is 151 Å². The molecule has 0 aromatic carbocycles. The van der Waals surface area contributed by atoms with Crippen molar-refractivity contribution in [3.05, 3.63) is 48.3 Å². The molecular weight excluding hydrogens is 335 g/mol. The second kappa shape index (κ2) is 6.60. The molecule has 1 amide bonds. The van der Waals surface area contributed by atoms with E-state index in [-0.39, 0.29) is 5.91 Å². The summed E-state index contributed by atoms with van der Waals surface area (Å²) in [4.78, 5) is 31.5. The van der Waals surface area contributed by atoms with E-state index in [0.717, 1.165) is 24.5 Å². The van der Waals surface area contributed by atoms with E-state index in [1.807, 2.05) is 30.3 Å². The number of hydrogen-bond acceptors (Lipinski definition) is 6. The van der Waals surface area contributed by atoms with Gasteiger partial charge in [0.2, 0.25) is 11.9 Å². The summed E-state index contributed by atoms with van der Waals surface area (Å²) >= 11 is 0. The van der Waals surface area contributed by atoms with Crippen molar-refractivity contribution in [1.82, 2.24) is 24.8 Å². The smallest absolute Gasteiger partial charge is 0.244 e. The van der Waals surface area contributed by atoms with Gasteiger partial charge in [0.15, 0.2) is 5.82 Å². The standard InChI is InChI=1S/C18H21FN6O/c1-23-7-8-25(12-14-3-2-5-20-9-14)18(16(23)26)4-6-24(13-18)17-21-10-15(19)11-22-17/h2-3,5,9-11H,4,6-8,12-13H2,1H3/t18-/m0/s1. The van der Waals surface area contributed by atoms with Crippen molar-refractivity contribution >= 4 is 11.9 Å². The summed E-state index contributed by atoms with van der Waals surface area (Å²) in [6, 6.07) is 3.94. The number of pyridine rings is 1. The van der Waals surface area contributed by atoms with Crippen LogP contribution in [-0.4, -0.2) is 69.4 Å². The Morgan fingerprint density at radius 3 is 2.73 bits per heavy atom. The van der Waals surface area contributed by atoms with Crippen molar-refractivity contribution < 1.29 is 9.18 Å². The lowest BCUT2D eigenvalue weighted by Crippen LogP contribution is -2.65. The third kappa shape index (κ3) is 2.90. The number of aromatic nitrogens is 3. The van der Waals surface area contributed by atoms with Crippen LogP contribution in [-0.2, 0) is 11.3 Å². The normalized spacial score (nSPS) is 23.8. The van der Waals surface area contributed by atoms with Crippen molar-refractivity contribution in [2.24, 2.45) is 0 Å². The lowest BCUT2D eigenvalue weighted by molar-refractivity contribution is -0.148. The Bertz CT molecular complexity index is 786. The molecule has 2 aromatic rings. The largest absolute Gasteiger partial charge is 0.343 e. The number of piperazine rings is 1. The highest BCUT2D eigenvalue weighted by atomic mass is 19.1. The number of halogens is 1. The Kier molecular flexibility index (Phi) is 4.28. The fraction of sp³-hybridized carbons (Fsp3) is 0.444. The fourth-order valence-corrected chi connectivity index (χ4v) is 3.89. The molecule has 0 saturated carbocycles. The second-order valence-electron chi connectivity index (χ2n) is 6.91. The number of hydrogen-bond donors (Lipinski definition) is 0. The monoisotopic (exact) mass is 356 g/mol. The maximum atomic E-state index is 13.1. The van der Waals surface area contributed by atoms with Crippen LogP contribution in [0.25, 0.3) is 0 Å². The zero-order chi connectivity index (χ0) is 18.1. The van der Waals surface area contributed by atoms with Crippen LogP contribution in [0.1, 0.15) is 12.0 Å². The van der Waals surface area contributed by atoms with E-state index in [2.05, 4.69) is 19.9 Å². The van der Waals surface area contributed by atoms with Gasteiger partial charge in [-0.05, 0) is 18.1 Å². The Hall–Kier alpha value is -2.61. The number of amides is 1. The summed E-state index contributed by atoms with van der Waals surface area (Å²) in [5.74, 6) is 0.122. The predicted octanol–water partition coefficient (Wildman–Crippen LogP) is 0.934. The number of nitrogens with zero attached hydrogens (tertiary/aromatic N) is 6. The van der Waals surface area contributed by atoms with Gasteiger partial charge in [0.05, 0.1) is 12.4 Å². The highest BCUT2D eigenvalue weighted by molar-refractivity contribution is 5.88. The van der Waals surface area contributed by atoms with E-state index >= 15 is 0 Å². The molecule has 1 spiro atoms. The summed E-state index contributed by atoms with van der Waals surface area (Å²) in [6.45, 7) is 3.34. The molecule has 0 aliphatic carbocycles. The molecule has 2 aromatic heterocycles. The van der Waals surface area contributed by atoms with Gasteiger partial charge in [0.25, 0.3) is 0 Å². The summed E-state index contributed by atoms with van der Waals surface area (Å²) < 4.78 is 13.1. The maximum absolute atomic E-state index is 13.1.